The number of aryl methyl sites for hydroxylation is 1. The fourth-order valence-electron chi connectivity index (χ4n) is 2.65. The van der Waals surface area contributed by atoms with Gasteiger partial charge in [0.15, 0.2) is 0 Å². The van der Waals surface area contributed by atoms with Crippen LogP contribution in [0.15, 0.2) is 79.4 Å². The van der Waals surface area contributed by atoms with Gasteiger partial charge < -0.3 is 15.4 Å². The van der Waals surface area contributed by atoms with Crippen LogP contribution in [-0.2, 0) is 0 Å². The number of hydrogen-bond acceptors (Lipinski definition) is 5. The van der Waals surface area contributed by atoms with E-state index in [1.165, 1.54) is 0 Å². The average Bonchev–Trinajstić information content (AvgIpc) is 3.25. The molecule has 0 fully saturated rings. The molecular weight excluding hydrogens is 368 g/mol. The van der Waals surface area contributed by atoms with E-state index in [-0.39, 0.29) is 6.03 Å². The van der Waals surface area contributed by atoms with Crippen molar-refractivity contribution in [1.29, 1.82) is 0 Å². The van der Waals surface area contributed by atoms with Gasteiger partial charge in [0, 0.05) is 29.8 Å². The summed E-state index contributed by atoms with van der Waals surface area (Å²) in [4.78, 5) is 24.8. The van der Waals surface area contributed by atoms with Crippen molar-refractivity contribution in [3.8, 4) is 17.4 Å². The lowest BCUT2D eigenvalue weighted by atomic mass is 10.3. The molecule has 8 nitrogen and oxygen atoms in total. The number of imidazole rings is 1. The van der Waals surface area contributed by atoms with Gasteiger partial charge in [-0.3, -0.25) is 4.57 Å². The van der Waals surface area contributed by atoms with Gasteiger partial charge in [-0.25, -0.2) is 14.8 Å². The number of rotatable bonds is 5. The van der Waals surface area contributed by atoms with E-state index in [2.05, 4.69) is 25.6 Å². The van der Waals surface area contributed by atoms with Gasteiger partial charge in [-0.15, -0.1) is 0 Å². The highest BCUT2D eigenvalue weighted by Crippen LogP contribution is 2.23. The van der Waals surface area contributed by atoms with E-state index in [9.17, 15) is 4.79 Å². The number of nitrogens with one attached hydrogen (secondary N) is 2. The molecular formula is C21H18N6O2. The predicted molar refractivity (Wildman–Crippen MR) is 109 cm³/mol. The number of anilines is 2. The Morgan fingerprint density at radius 1 is 0.966 bits per heavy atom. The largest absolute Gasteiger partial charge is 0.439 e. The van der Waals surface area contributed by atoms with E-state index in [0.717, 1.165) is 5.69 Å². The zero-order chi connectivity index (χ0) is 20.1. The SMILES string of the molecule is Cc1nc(Oc2ccc(NC(=O)Nc3ccccc3)cc2)cc(-n2ccnc2)n1. The fraction of sp³-hybridized carbons (Fsp3) is 0.0476. The molecule has 4 rings (SSSR count). The molecule has 8 heteroatoms. The fourth-order valence-corrected chi connectivity index (χ4v) is 2.65. The van der Waals surface area contributed by atoms with Crippen LogP contribution in [0.25, 0.3) is 5.82 Å². The quantitative estimate of drug-likeness (QED) is 0.530. The molecule has 2 aromatic carbocycles. The standard InChI is InChI=1S/C21H18N6O2/c1-15-23-19(27-12-11-22-14-27)13-20(24-15)29-18-9-7-17(8-10-18)26-21(28)25-16-5-3-2-4-6-16/h2-14H,1H3,(H2,25,26,28). The average molecular weight is 386 g/mol. The van der Waals surface area contributed by atoms with Gasteiger partial charge in [0.25, 0.3) is 0 Å². The second kappa shape index (κ2) is 8.22. The normalized spacial score (nSPS) is 10.4. The Morgan fingerprint density at radius 3 is 2.38 bits per heavy atom. The lowest BCUT2D eigenvalue weighted by Gasteiger charge is -2.10. The zero-order valence-electron chi connectivity index (χ0n) is 15.6. The molecule has 0 radical (unpaired) electrons. The van der Waals surface area contributed by atoms with Crippen LogP contribution in [0.1, 0.15) is 5.82 Å². The van der Waals surface area contributed by atoms with Crippen molar-refractivity contribution in [1.82, 2.24) is 19.5 Å². The van der Waals surface area contributed by atoms with E-state index in [0.29, 0.717) is 29.0 Å². The van der Waals surface area contributed by atoms with Crippen molar-refractivity contribution in [2.75, 3.05) is 10.6 Å². The molecule has 0 aliphatic rings. The van der Waals surface area contributed by atoms with Gasteiger partial charge in [-0.1, -0.05) is 18.2 Å². The topological polar surface area (TPSA) is 94.0 Å². The first-order valence-electron chi connectivity index (χ1n) is 8.91. The van der Waals surface area contributed by atoms with Crippen molar-refractivity contribution in [3.63, 3.8) is 0 Å². The van der Waals surface area contributed by atoms with E-state index >= 15 is 0 Å². The molecule has 0 unspecified atom stereocenters. The summed E-state index contributed by atoms with van der Waals surface area (Å²) in [5.41, 5.74) is 1.36. The zero-order valence-corrected chi connectivity index (χ0v) is 15.6. The number of hydrogen-bond donors (Lipinski definition) is 2. The summed E-state index contributed by atoms with van der Waals surface area (Å²) in [7, 11) is 0. The summed E-state index contributed by atoms with van der Waals surface area (Å²) in [6.07, 6.45) is 5.14. The number of aromatic nitrogens is 4. The highest BCUT2D eigenvalue weighted by molar-refractivity contribution is 5.99. The number of urea groups is 1. The molecule has 2 aromatic heterocycles. The Bertz CT molecular complexity index is 1100. The van der Waals surface area contributed by atoms with E-state index < -0.39 is 0 Å². The van der Waals surface area contributed by atoms with Crippen molar-refractivity contribution in [2.45, 2.75) is 6.92 Å². The summed E-state index contributed by atoms with van der Waals surface area (Å²) in [6, 6.07) is 17.7. The first kappa shape index (κ1) is 18.2. The molecule has 144 valence electrons. The van der Waals surface area contributed by atoms with Crippen molar-refractivity contribution in [2.24, 2.45) is 0 Å². The minimum atomic E-state index is -0.318. The molecule has 0 saturated carbocycles. The van der Waals surface area contributed by atoms with Crippen LogP contribution in [0, 0.1) is 6.92 Å². The van der Waals surface area contributed by atoms with E-state index in [1.807, 2.05) is 30.3 Å². The van der Waals surface area contributed by atoms with Crippen LogP contribution in [0.3, 0.4) is 0 Å². The highest BCUT2D eigenvalue weighted by atomic mass is 16.5. The maximum atomic E-state index is 12.1. The molecule has 0 aliphatic heterocycles. The monoisotopic (exact) mass is 386 g/mol. The third-order valence-corrected chi connectivity index (χ3v) is 3.94. The van der Waals surface area contributed by atoms with Crippen molar-refractivity contribution < 1.29 is 9.53 Å². The Hall–Kier alpha value is -4.20. The molecule has 0 saturated heterocycles. The maximum absolute atomic E-state index is 12.1. The minimum absolute atomic E-state index is 0.318. The lowest BCUT2D eigenvalue weighted by Crippen LogP contribution is -2.19. The molecule has 2 amide bonds. The highest BCUT2D eigenvalue weighted by Gasteiger charge is 2.07. The number of benzene rings is 2. The van der Waals surface area contributed by atoms with E-state index in [1.54, 1.807) is 60.5 Å². The van der Waals surface area contributed by atoms with Gasteiger partial charge in [0.2, 0.25) is 5.88 Å². The first-order valence-corrected chi connectivity index (χ1v) is 8.91. The number of para-hydroxylation sites is 1. The molecule has 0 spiro atoms. The molecule has 2 heterocycles. The van der Waals surface area contributed by atoms with Crippen LogP contribution >= 0.6 is 0 Å². The van der Waals surface area contributed by atoms with Crippen molar-refractivity contribution in [3.05, 3.63) is 85.2 Å². The van der Waals surface area contributed by atoms with Gasteiger partial charge in [0.05, 0.1) is 0 Å². The number of ether oxygens (including phenoxy) is 1. The Labute approximate surface area is 167 Å². The summed E-state index contributed by atoms with van der Waals surface area (Å²) >= 11 is 0. The van der Waals surface area contributed by atoms with E-state index in [4.69, 9.17) is 4.74 Å². The second-order valence-electron chi connectivity index (χ2n) is 6.15. The van der Waals surface area contributed by atoms with Crippen LogP contribution in [0.4, 0.5) is 16.2 Å². The minimum Gasteiger partial charge on any atom is -0.439 e. The van der Waals surface area contributed by atoms with Gasteiger partial charge in [0.1, 0.15) is 23.7 Å². The molecule has 2 N–H and O–H groups in total. The second-order valence-corrected chi connectivity index (χ2v) is 6.15. The van der Waals surface area contributed by atoms with Crippen LogP contribution in [-0.4, -0.2) is 25.6 Å². The number of amides is 2. The Morgan fingerprint density at radius 2 is 1.69 bits per heavy atom. The third kappa shape index (κ3) is 4.75. The predicted octanol–water partition coefficient (Wildman–Crippen LogP) is 4.41. The smallest absolute Gasteiger partial charge is 0.323 e. The van der Waals surface area contributed by atoms with Crippen LogP contribution < -0.4 is 15.4 Å². The molecule has 0 atom stereocenters. The van der Waals surface area contributed by atoms with Crippen LogP contribution in [0.5, 0.6) is 11.6 Å². The molecule has 0 bridgehead atoms. The maximum Gasteiger partial charge on any atom is 0.323 e. The summed E-state index contributed by atoms with van der Waals surface area (Å²) in [5, 5.41) is 5.54. The van der Waals surface area contributed by atoms with Gasteiger partial charge in [-0.05, 0) is 43.3 Å². The number of nitrogens with zero attached hydrogens (tertiary/aromatic N) is 4. The van der Waals surface area contributed by atoms with Crippen molar-refractivity contribution >= 4 is 17.4 Å². The number of carbonyl (C=O) groups is 1. The molecule has 29 heavy (non-hydrogen) atoms. The summed E-state index contributed by atoms with van der Waals surface area (Å²) in [5.74, 6) is 2.26. The lowest BCUT2D eigenvalue weighted by molar-refractivity contribution is 0.262. The molecule has 4 aromatic rings. The summed E-state index contributed by atoms with van der Waals surface area (Å²) < 4.78 is 7.62. The van der Waals surface area contributed by atoms with Crippen LogP contribution in [0.2, 0.25) is 0 Å². The van der Waals surface area contributed by atoms with Gasteiger partial charge in [-0.2, -0.15) is 4.98 Å². The first-order chi connectivity index (χ1) is 14.2. The molecule has 0 aliphatic carbocycles. The Kier molecular flexibility index (Phi) is 5.15. The van der Waals surface area contributed by atoms with Gasteiger partial charge >= 0.3 is 6.03 Å². The summed E-state index contributed by atoms with van der Waals surface area (Å²) in [6.45, 7) is 1.80. The third-order valence-electron chi connectivity index (χ3n) is 3.94. The number of carbonyl (C=O) groups excluding carboxylic acids is 1. The Balaban J connectivity index is 1.41.